The number of alkyl carbamates (subject to hydrolysis) is 1. The molecule has 1 aromatic carbocycles. The lowest BCUT2D eigenvalue weighted by atomic mass is 10.2. The molecule has 0 aromatic heterocycles. The van der Waals surface area contributed by atoms with Crippen molar-refractivity contribution in [3.8, 4) is 0 Å². The summed E-state index contributed by atoms with van der Waals surface area (Å²) in [6.07, 6.45) is -0.321. The number of alkyl halides is 1. The van der Waals surface area contributed by atoms with E-state index in [1.165, 1.54) is 0 Å². The molecule has 1 atom stereocenters. The Morgan fingerprint density at radius 3 is 2.61 bits per heavy atom. The molecular weight excluding hydrogens is 254 g/mol. The fourth-order valence-corrected chi connectivity index (χ4v) is 1.52. The van der Waals surface area contributed by atoms with Crippen LogP contribution in [0.25, 0.3) is 0 Å². The van der Waals surface area contributed by atoms with Crippen LogP contribution in [0.1, 0.15) is 18.9 Å². The predicted molar refractivity (Wildman–Crippen MR) is 69.6 cm³/mol. The third kappa shape index (κ3) is 5.68. The van der Waals surface area contributed by atoms with Crippen molar-refractivity contribution in [3.05, 3.63) is 35.9 Å². The van der Waals surface area contributed by atoms with Crippen LogP contribution in [0.4, 0.5) is 4.79 Å². The summed E-state index contributed by atoms with van der Waals surface area (Å²) in [5, 5.41) is 2.57. The average molecular weight is 270 g/mol. The van der Waals surface area contributed by atoms with Crippen LogP contribution in [0.15, 0.2) is 30.3 Å². The van der Waals surface area contributed by atoms with E-state index in [1.807, 2.05) is 30.3 Å². The fraction of sp³-hybridized carbons (Fsp3) is 0.385. The van der Waals surface area contributed by atoms with Crippen molar-refractivity contribution in [3.63, 3.8) is 0 Å². The Balaban J connectivity index is 2.27. The van der Waals surface area contributed by atoms with Gasteiger partial charge in [-0.25, -0.2) is 4.79 Å². The SMILES string of the molecule is CC(CC(=O)CCl)NC(=O)OCc1ccccc1. The van der Waals surface area contributed by atoms with Crippen LogP contribution in [-0.4, -0.2) is 23.8 Å². The number of hydrogen-bond donors (Lipinski definition) is 1. The summed E-state index contributed by atoms with van der Waals surface area (Å²) in [6.45, 7) is 1.94. The third-order valence-electron chi connectivity index (χ3n) is 2.26. The maximum absolute atomic E-state index is 11.4. The van der Waals surface area contributed by atoms with Crippen LogP contribution in [0.3, 0.4) is 0 Å². The summed E-state index contributed by atoms with van der Waals surface area (Å²) in [5.41, 5.74) is 0.914. The van der Waals surface area contributed by atoms with Gasteiger partial charge in [0, 0.05) is 12.5 Å². The van der Waals surface area contributed by atoms with Gasteiger partial charge in [0.05, 0.1) is 5.88 Å². The van der Waals surface area contributed by atoms with Crippen LogP contribution in [0.2, 0.25) is 0 Å². The highest BCUT2D eigenvalue weighted by atomic mass is 35.5. The molecule has 0 radical (unpaired) electrons. The molecule has 0 aliphatic heterocycles. The Morgan fingerprint density at radius 1 is 1.33 bits per heavy atom. The molecule has 1 unspecified atom stereocenters. The number of halogens is 1. The summed E-state index contributed by atoms with van der Waals surface area (Å²) in [7, 11) is 0. The molecule has 0 spiro atoms. The summed E-state index contributed by atoms with van der Waals surface area (Å²) in [4.78, 5) is 22.5. The van der Waals surface area contributed by atoms with Gasteiger partial charge in [-0.2, -0.15) is 0 Å². The second-order valence-corrected chi connectivity index (χ2v) is 4.25. The molecule has 0 saturated heterocycles. The molecule has 0 saturated carbocycles. The highest BCUT2D eigenvalue weighted by Gasteiger charge is 2.11. The van der Waals surface area contributed by atoms with Crippen molar-refractivity contribution < 1.29 is 14.3 Å². The van der Waals surface area contributed by atoms with Crippen molar-refractivity contribution in [2.45, 2.75) is 26.0 Å². The lowest BCUT2D eigenvalue weighted by molar-refractivity contribution is -0.117. The molecule has 0 fully saturated rings. The number of carbonyl (C=O) groups excluding carboxylic acids is 2. The zero-order valence-electron chi connectivity index (χ0n) is 10.2. The van der Waals surface area contributed by atoms with Crippen LogP contribution >= 0.6 is 11.6 Å². The maximum Gasteiger partial charge on any atom is 0.407 e. The summed E-state index contributed by atoms with van der Waals surface area (Å²) >= 11 is 5.38. The third-order valence-corrected chi connectivity index (χ3v) is 2.56. The normalized spacial score (nSPS) is 11.7. The van der Waals surface area contributed by atoms with E-state index in [4.69, 9.17) is 16.3 Å². The zero-order chi connectivity index (χ0) is 13.4. The molecule has 5 heteroatoms. The first-order chi connectivity index (χ1) is 8.61. The molecular formula is C13H16ClNO3. The predicted octanol–water partition coefficient (Wildman–Crippen LogP) is 2.50. The first kappa shape index (κ1) is 14.5. The van der Waals surface area contributed by atoms with Gasteiger partial charge >= 0.3 is 6.09 Å². The molecule has 1 amide bonds. The summed E-state index contributed by atoms with van der Waals surface area (Å²) in [5.74, 6) is -0.141. The van der Waals surface area contributed by atoms with E-state index in [0.717, 1.165) is 5.56 Å². The minimum atomic E-state index is -0.534. The van der Waals surface area contributed by atoms with Crippen molar-refractivity contribution in [2.24, 2.45) is 0 Å². The molecule has 98 valence electrons. The lowest BCUT2D eigenvalue weighted by Crippen LogP contribution is -2.34. The van der Waals surface area contributed by atoms with Crippen molar-refractivity contribution >= 4 is 23.5 Å². The molecule has 1 N–H and O–H groups in total. The van der Waals surface area contributed by atoms with Gasteiger partial charge in [-0.15, -0.1) is 11.6 Å². The van der Waals surface area contributed by atoms with Crippen molar-refractivity contribution in [1.82, 2.24) is 5.32 Å². The van der Waals surface area contributed by atoms with Crippen LogP contribution in [0, 0.1) is 0 Å². The molecule has 4 nitrogen and oxygen atoms in total. The second kappa shape index (κ2) is 7.71. The van der Waals surface area contributed by atoms with Gasteiger partial charge < -0.3 is 10.1 Å². The Bertz CT molecular complexity index is 394. The van der Waals surface area contributed by atoms with E-state index < -0.39 is 6.09 Å². The number of rotatable bonds is 6. The van der Waals surface area contributed by atoms with E-state index in [-0.39, 0.29) is 30.7 Å². The minimum Gasteiger partial charge on any atom is -0.445 e. The number of carbonyl (C=O) groups is 2. The van der Waals surface area contributed by atoms with E-state index in [1.54, 1.807) is 6.92 Å². The first-order valence-corrected chi connectivity index (χ1v) is 6.20. The van der Waals surface area contributed by atoms with E-state index in [2.05, 4.69) is 5.32 Å². The number of benzene rings is 1. The number of Topliss-reactive ketones (excluding diaryl/α,β-unsaturated/α-hetero) is 1. The topological polar surface area (TPSA) is 55.4 Å². The Morgan fingerprint density at radius 2 is 2.00 bits per heavy atom. The molecule has 1 rings (SSSR count). The fourth-order valence-electron chi connectivity index (χ4n) is 1.41. The number of hydrogen-bond acceptors (Lipinski definition) is 3. The number of ether oxygens (including phenoxy) is 1. The van der Waals surface area contributed by atoms with Crippen LogP contribution in [0.5, 0.6) is 0 Å². The quantitative estimate of drug-likeness (QED) is 0.808. The van der Waals surface area contributed by atoms with Gasteiger partial charge in [-0.1, -0.05) is 30.3 Å². The van der Waals surface area contributed by atoms with Gasteiger partial charge in [0.2, 0.25) is 0 Å². The van der Waals surface area contributed by atoms with E-state index >= 15 is 0 Å². The highest BCUT2D eigenvalue weighted by molar-refractivity contribution is 6.27. The Hall–Kier alpha value is -1.55. The molecule has 0 bridgehead atoms. The van der Waals surface area contributed by atoms with E-state index in [0.29, 0.717) is 0 Å². The van der Waals surface area contributed by atoms with Crippen LogP contribution in [-0.2, 0) is 16.1 Å². The molecule has 1 aromatic rings. The zero-order valence-corrected chi connectivity index (χ0v) is 10.9. The minimum absolute atomic E-state index is 0.0366. The summed E-state index contributed by atoms with van der Waals surface area (Å²) in [6, 6.07) is 9.10. The van der Waals surface area contributed by atoms with Gasteiger partial charge in [-0.3, -0.25) is 4.79 Å². The summed E-state index contributed by atoms with van der Waals surface area (Å²) < 4.78 is 5.02. The lowest BCUT2D eigenvalue weighted by Gasteiger charge is -2.12. The first-order valence-electron chi connectivity index (χ1n) is 5.66. The molecule has 0 aliphatic carbocycles. The number of ketones is 1. The number of amides is 1. The van der Waals surface area contributed by atoms with Gasteiger partial charge in [0.1, 0.15) is 12.4 Å². The second-order valence-electron chi connectivity index (χ2n) is 3.98. The maximum atomic E-state index is 11.4. The Kier molecular flexibility index (Phi) is 6.22. The van der Waals surface area contributed by atoms with Crippen molar-refractivity contribution in [2.75, 3.05) is 5.88 Å². The van der Waals surface area contributed by atoms with Gasteiger partial charge in [-0.05, 0) is 12.5 Å². The van der Waals surface area contributed by atoms with Gasteiger partial charge in [0.15, 0.2) is 0 Å². The van der Waals surface area contributed by atoms with Crippen LogP contribution < -0.4 is 5.32 Å². The largest absolute Gasteiger partial charge is 0.445 e. The number of nitrogens with one attached hydrogen (secondary N) is 1. The smallest absolute Gasteiger partial charge is 0.407 e. The molecule has 0 aliphatic rings. The highest BCUT2D eigenvalue weighted by Crippen LogP contribution is 2.01. The van der Waals surface area contributed by atoms with E-state index in [9.17, 15) is 9.59 Å². The monoisotopic (exact) mass is 269 g/mol. The van der Waals surface area contributed by atoms with Gasteiger partial charge in [0.25, 0.3) is 0 Å². The molecule has 18 heavy (non-hydrogen) atoms. The van der Waals surface area contributed by atoms with Crippen molar-refractivity contribution in [1.29, 1.82) is 0 Å². The Labute approximate surface area is 111 Å². The molecule has 0 heterocycles. The standard InChI is InChI=1S/C13H16ClNO3/c1-10(7-12(16)8-14)15-13(17)18-9-11-5-3-2-4-6-11/h2-6,10H,7-9H2,1H3,(H,15,17). The average Bonchev–Trinajstić information content (AvgIpc) is 2.37.